The van der Waals surface area contributed by atoms with Crippen molar-refractivity contribution in [3.8, 4) is 0 Å². The first-order valence-corrected chi connectivity index (χ1v) is 7.22. The highest BCUT2D eigenvalue weighted by Gasteiger charge is 2.18. The maximum atomic E-state index is 12.0. The zero-order chi connectivity index (χ0) is 15.9. The number of carbonyl (C=O) groups excluding carboxylic acids is 1. The minimum absolute atomic E-state index is 0.00514. The number of pyridine rings is 1. The van der Waals surface area contributed by atoms with Gasteiger partial charge in [-0.2, -0.15) is 0 Å². The summed E-state index contributed by atoms with van der Waals surface area (Å²) < 4.78 is 5.42. The number of nitrogens with one attached hydrogen (secondary N) is 2. The summed E-state index contributed by atoms with van der Waals surface area (Å²) in [7, 11) is 3.90. The number of carbonyl (C=O) groups is 1. The summed E-state index contributed by atoms with van der Waals surface area (Å²) >= 11 is 0. The van der Waals surface area contributed by atoms with Crippen LogP contribution in [0.1, 0.15) is 30.3 Å². The molecule has 2 aromatic rings. The van der Waals surface area contributed by atoms with Crippen LogP contribution in [0.5, 0.6) is 0 Å². The quantitative estimate of drug-likeness (QED) is 0.859. The molecule has 0 fully saturated rings. The topological polar surface area (TPSA) is 70.4 Å². The lowest BCUT2D eigenvalue weighted by Crippen LogP contribution is -2.41. The molecular weight excluding hydrogens is 280 g/mol. The van der Waals surface area contributed by atoms with E-state index < -0.39 is 0 Å². The van der Waals surface area contributed by atoms with Crippen molar-refractivity contribution in [3.05, 3.63) is 54.2 Å². The van der Waals surface area contributed by atoms with Gasteiger partial charge in [-0.25, -0.2) is 4.79 Å². The maximum Gasteiger partial charge on any atom is 0.315 e. The summed E-state index contributed by atoms with van der Waals surface area (Å²) in [6.45, 7) is 2.39. The number of hydrogen-bond acceptors (Lipinski definition) is 4. The van der Waals surface area contributed by atoms with E-state index in [0.717, 1.165) is 11.3 Å². The van der Waals surface area contributed by atoms with Gasteiger partial charge in [0.25, 0.3) is 0 Å². The van der Waals surface area contributed by atoms with E-state index in [-0.39, 0.29) is 18.1 Å². The van der Waals surface area contributed by atoms with Gasteiger partial charge in [0.15, 0.2) is 0 Å². The second-order valence-corrected chi connectivity index (χ2v) is 5.36. The largest absolute Gasteiger partial charge is 0.468 e. The molecule has 0 saturated carbocycles. The number of likely N-dealkylation sites (N-methyl/N-ethyl adjacent to an activating group) is 1. The van der Waals surface area contributed by atoms with Crippen LogP contribution in [0.2, 0.25) is 0 Å². The van der Waals surface area contributed by atoms with E-state index in [4.69, 9.17) is 4.42 Å². The van der Waals surface area contributed by atoms with E-state index in [2.05, 4.69) is 15.6 Å². The molecule has 22 heavy (non-hydrogen) atoms. The lowest BCUT2D eigenvalue weighted by molar-refractivity contribution is 0.223. The van der Waals surface area contributed by atoms with Crippen LogP contribution in [0, 0.1) is 0 Å². The van der Waals surface area contributed by atoms with Crippen molar-refractivity contribution >= 4 is 6.03 Å². The summed E-state index contributed by atoms with van der Waals surface area (Å²) in [5.74, 6) is 0.825. The molecule has 6 heteroatoms. The van der Waals surface area contributed by atoms with Crippen LogP contribution in [-0.4, -0.2) is 36.6 Å². The number of aromatic nitrogens is 1. The van der Waals surface area contributed by atoms with Crippen LogP contribution < -0.4 is 10.6 Å². The molecule has 0 spiro atoms. The zero-order valence-electron chi connectivity index (χ0n) is 13.1. The van der Waals surface area contributed by atoms with Crippen molar-refractivity contribution in [2.45, 2.75) is 19.0 Å². The van der Waals surface area contributed by atoms with Crippen LogP contribution in [0.25, 0.3) is 0 Å². The Labute approximate surface area is 130 Å². The Morgan fingerprint density at radius 3 is 2.77 bits per heavy atom. The standard InChI is InChI=1S/C16H22N4O2/c1-12(13-6-4-8-17-10-13)19-16(21)18-11-14(20(2)3)15-7-5-9-22-15/h4-10,12,14H,11H2,1-3H3,(H2,18,19,21)/t12-,14+/m0/s1. The summed E-state index contributed by atoms with van der Waals surface area (Å²) in [5, 5.41) is 5.78. The van der Waals surface area contributed by atoms with Crippen LogP contribution in [0.4, 0.5) is 4.79 Å². The minimum atomic E-state index is -0.213. The number of furan rings is 1. The van der Waals surface area contributed by atoms with Gasteiger partial charge < -0.3 is 15.1 Å². The van der Waals surface area contributed by atoms with Crippen molar-refractivity contribution in [1.82, 2.24) is 20.5 Å². The molecule has 0 aliphatic rings. The van der Waals surface area contributed by atoms with Crippen LogP contribution in [0.3, 0.4) is 0 Å². The fraction of sp³-hybridized carbons (Fsp3) is 0.375. The van der Waals surface area contributed by atoms with Gasteiger partial charge >= 0.3 is 6.03 Å². The maximum absolute atomic E-state index is 12.0. The van der Waals surface area contributed by atoms with Crippen molar-refractivity contribution in [3.63, 3.8) is 0 Å². The molecule has 2 amide bonds. The number of urea groups is 1. The first-order valence-electron chi connectivity index (χ1n) is 7.22. The lowest BCUT2D eigenvalue weighted by Gasteiger charge is -2.23. The molecule has 0 radical (unpaired) electrons. The normalized spacial score (nSPS) is 13.6. The van der Waals surface area contributed by atoms with E-state index in [9.17, 15) is 4.79 Å². The van der Waals surface area contributed by atoms with Gasteiger partial charge in [-0.05, 0) is 44.8 Å². The number of rotatable bonds is 6. The molecule has 2 N–H and O–H groups in total. The predicted octanol–water partition coefficient (Wildman–Crippen LogP) is 2.34. The van der Waals surface area contributed by atoms with Crippen molar-refractivity contribution in [2.75, 3.05) is 20.6 Å². The number of hydrogen-bond donors (Lipinski definition) is 2. The van der Waals surface area contributed by atoms with Gasteiger partial charge in [0.05, 0.1) is 18.3 Å². The molecule has 0 saturated heterocycles. The lowest BCUT2D eigenvalue weighted by atomic mass is 10.1. The highest BCUT2D eigenvalue weighted by molar-refractivity contribution is 5.74. The molecule has 118 valence electrons. The Kier molecular flexibility index (Phi) is 5.55. The Bertz CT molecular complexity index is 569. The Morgan fingerprint density at radius 2 is 2.18 bits per heavy atom. The summed E-state index contributed by atoms with van der Waals surface area (Å²) in [5.41, 5.74) is 0.966. The van der Waals surface area contributed by atoms with Crippen molar-refractivity contribution in [2.24, 2.45) is 0 Å². The average Bonchev–Trinajstić information content (AvgIpc) is 3.02. The van der Waals surface area contributed by atoms with Gasteiger partial charge in [-0.3, -0.25) is 9.88 Å². The molecule has 0 bridgehead atoms. The molecule has 0 unspecified atom stereocenters. The zero-order valence-corrected chi connectivity index (χ0v) is 13.1. The molecule has 6 nitrogen and oxygen atoms in total. The second kappa shape index (κ2) is 7.61. The number of amides is 2. The van der Waals surface area contributed by atoms with Gasteiger partial charge in [0, 0.05) is 18.9 Å². The smallest absolute Gasteiger partial charge is 0.315 e. The van der Waals surface area contributed by atoms with Crippen molar-refractivity contribution in [1.29, 1.82) is 0 Å². The van der Waals surface area contributed by atoms with Gasteiger partial charge in [-0.1, -0.05) is 6.07 Å². The Balaban J connectivity index is 1.86. The third-order valence-electron chi connectivity index (χ3n) is 3.48. The van der Waals surface area contributed by atoms with E-state index in [1.165, 1.54) is 0 Å². The monoisotopic (exact) mass is 302 g/mol. The first-order chi connectivity index (χ1) is 10.6. The molecule has 2 heterocycles. The third kappa shape index (κ3) is 4.33. The summed E-state index contributed by atoms with van der Waals surface area (Å²) in [6, 6.07) is 7.21. The molecule has 0 aromatic carbocycles. The fourth-order valence-electron chi connectivity index (χ4n) is 2.17. The minimum Gasteiger partial charge on any atom is -0.468 e. The number of nitrogens with zero attached hydrogens (tertiary/aromatic N) is 2. The van der Waals surface area contributed by atoms with Gasteiger partial charge in [0.1, 0.15) is 5.76 Å². The third-order valence-corrected chi connectivity index (χ3v) is 3.48. The predicted molar refractivity (Wildman–Crippen MR) is 84.3 cm³/mol. The van der Waals surface area contributed by atoms with E-state index in [1.54, 1.807) is 18.7 Å². The highest BCUT2D eigenvalue weighted by Crippen LogP contribution is 2.17. The molecule has 0 aliphatic heterocycles. The molecule has 2 rings (SSSR count). The second-order valence-electron chi connectivity index (χ2n) is 5.36. The fourth-order valence-corrected chi connectivity index (χ4v) is 2.17. The highest BCUT2D eigenvalue weighted by atomic mass is 16.3. The average molecular weight is 302 g/mol. The SMILES string of the molecule is C[C@H](NC(=O)NC[C@H](c1ccco1)N(C)C)c1cccnc1. The summed E-state index contributed by atoms with van der Waals surface area (Å²) in [4.78, 5) is 18.1. The Hall–Kier alpha value is -2.34. The molecule has 0 aliphatic carbocycles. The molecule has 2 atom stereocenters. The van der Waals surface area contributed by atoms with E-state index in [0.29, 0.717) is 6.54 Å². The van der Waals surface area contributed by atoms with Crippen molar-refractivity contribution < 1.29 is 9.21 Å². The van der Waals surface area contributed by atoms with Crippen LogP contribution >= 0.6 is 0 Å². The summed E-state index contributed by atoms with van der Waals surface area (Å²) in [6.07, 6.45) is 5.09. The first kappa shape index (κ1) is 16.0. The van der Waals surface area contributed by atoms with E-state index >= 15 is 0 Å². The van der Waals surface area contributed by atoms with Gasteiger partial charge in [0.2, 0.25) is 0 Å². The van der Waals surface area contributed by atoms with Crippen LogP contribution in [0.15, 0.2) is 47.3 Å². The van der Waals surface area contributed by atoms with E-state index in [1.807, 2.05) is 50.2 Å². The Morgan fingerprint density at radius 1 is 1.36 bits per heavy atom. The van der Waals surface area contributed by atoms with Gasteiger partial charge in [-0.15, -0.1) is 0 Å². The van der Waals surface area contributed by atoms with Crippen LogP contribution in [-0.2, 0) is 0 Å². The molecular formula is C16H22N4O2. The molecule has 2 aromatic heterocycles.